The fraction of sp³-hybridized carbons (Fsp3) is 0.300. The molecular weight excluding hydrogens is 334 g/mol. The molecule has 1 heterocycles. The number of rotatable bonds is 8. The van der Waals surface area contributed by atoms with Gasteiger partial charge in [0.25, 0.3) is 0 Å². The van der Waals surface area contributed by atoms with Gasteiger partial charge in [-0.3, -0.25) is 19.4 Å². The van der Waals surface area contributed by atoms with Crippen molar-refractivity contribution in [1.29, 1.82) is 0 Å². The van der Waals surface area contributed by atoms with Crippen LogP contribution in [0.15, 0.2) is 54.9 Å². The van der Waals surface area contributed by atoms with E-state index in [2.05, 4.69) is 4.98 Å². The Labute approximate surface area is 152 Å². The zero-order valence-corrected chi connectivity index (χ0v) is 14.8. The molecule has 0 amide bonds. The molecule has 26 heavy (non-hydrogen) atoms. The number of ether oxygens (including phenoxy) is 2. The summed E-state index contributed by atoms with van der Waals surface area (Å²) in [6.07, 6.45) is 2.91. The number of esters is 2. The Hall–Kier alpha value is -3.02. The molecule has 0 spiro atoms. The molecule has 0 aliphatic rings. The maximum absolute atomic E-state index is 13.0. The summed E-state index contributed by atoms with van der Waals surface area (Å²) in [5, 5.41) is 0. The van der Waals surface area contributed by atoms with E-state index in [0.29, 0.717) is 5.56 Å². The maximum Gasteiger partial charge on any atom is 0.318 e. The number of nitrogens with zero attached hydrogens (tertiary/aromatic N) is 1. The van der Waals surface area contributed by atoms with Crippen molar-refractivity contribution < 1.29 is 23.9 Å². The van der Waals surface area contributed by atoms with Crippen molar-refractivity contribution in [3.05, 3.63) is 66.0 Å². The van der Waals surface area contributed by atoms with Crippen LogP contribution in [0.4, 0.5) is 0 Å². The van der Waals surface area contributed by atoms with E-state index in [4.69, 9.17) is 9.47 Å². The number of hydrogen-bond acceptors (Lipinski definition) is 6. The van der Waals surface area contributed by atoms with Gasteiger partial charge in [-0.2, -0.15) is 0 Å². The second kappa shape index (κ2) is 9.46. The summed E-state index contributed by atoms with van der Waals surface area (Å²) in [5.74, 6) is -4.32. The third kappa shape index (κ3) is 4.53. The second-order valence-electron chi connectivity index (χ2n) is 5.47. The molecule has 0 unspecified atom stereocenters. The van der Waals surface area contributed by atoms with Crippen LogP contribution in [0.25, 0.3) is 0 Å². The predicted octanol–water partition coefficient (Wildman–Crippen LogP) is 2.79. The maximum atomic E-state index is 13.0. The van der Waals surface area contributed by atoms with E-state index in [-0.39, 0.29) is 18.8 Å². The van der Waals surface area contributed by atoms with Gasteiger partial charge in [0.05, 0.1) is 13.2 Å². The lowest BCUT2D eigenvalue weighted by molar-refractivity contribution is -0.155. The summed E-state index contributed by atoms with van der Waals surface area (Å²) < 4.78 is 10.2. The number of carbonyl (C=O) groups is 3. The van der Waals surface area contributed by atoms with Gasteiger partial charge in [0.1, 0.15) is 11.8 Å². The summed E-state index contributed by atoms with van der Waals surface area (Å²) in [7, 11) is 0. The first-order chi connectivity index (χ1) is 12.6. The molecule has 0 aliphatic heterocycles. The minimum absolute atomic E-state index is 0.100. The van der Waals surface area contributed by atoms with Crippen LogP contribution in [0.5, 0.6) is 0 Å². The molecule has 0 radical (unpaired) electrons. The van der Waals surface area contributed by atoms with Gasteiger partial charge in [-0.15, -0.1) is 0 Å². The third-order valence-electron chi connectivity index (χ3n) is 3.82. The predicted molar refractivity (Wildman–Crippen MR) is 94.5 cm³/mol. The Morgan fingerprint density at radius 1 is 0.885 bits per heavy atom. The fourth-order valence-corrected chi connectivity index (χ4v) is 2.68. The van der Waals surface area contributed by atoms with Gasteiger partial charge < -0.3 is 9.47 Å². The van der Waals surface area contributed by atoms with Crippen LogP contribution in [-0.4, -0.2) is 35.9 Å². The van der Waals surface area contributed by atoms with E-state index in [0.717, 1.165) is 0 Å². The van der Waals surface area contributed by atoms with Crippen LogP contribution in [0.3, 0.4) is 0 Å². The Morgan fingerprint density at radius 3 is 2.04 bits per heavy atom. The topological polar surface area (TPSA) is 82.6 Å². The Morgan fingerprint density at radius 2 is 1.46 bits per heavy atom. The Bertz CT molecular complexity index is 745. The van der Waals surface area contributed by atoms with Crippen LogP contribution < -0.4 is 0 Å². The lowest BCUT2D eigenvalue weighted by Crippen LogP contribution is -2.36. The minimum atomic E-state index is -1.33. The molecule has 2 atom stereocenters. The lowest BCUT2D eigenvalue weighted by atomic mass is 9.81. The van der Waals surface area contributed by atoms with Gasteiger partial charge in [-0.05, 0) is 31.5 Å². The highest BCUT2D eigenvalue weighted by atomic mass is 16.5. The second-order valence-corrected chi connectivity index (χ2v) is 5.47. The first-order valence-electron chi connectivity index (χ1n) is 8.42. The molecule has 6 heteroatoms. The van der Waals surface area contributed by atoms with Gasteiger partial charge in [0.15, 0.2) is 5.78 Å². The molecule has 1 aromatic carbocycles. The average Bonchev–Trinajstić information content (AvgIpc) is 2.67. The van der Waals surface area contributed by atoms with Crippen LogP contribution in [0, 0.1) is 5.92 Å². The SMILES string of the molecule is CCOC(=O)[C@H](C(=O)c1ccncc1)[C@H](C(=O)OCC)c1ccccc1. The number of carbonyl (C=O) groups excluding carboxylic acids is 3. The monoisotopic (exact) mass is 355 g/mol. The molecule has 0 fully saturated rings. The zero-order chi connectivity index (χ0) is 18.9. The lowest BCUT2D eigenvalue weighted by Gasteiger charge is -2.23. The molecule has 6 nitrogen and oxygen atoms in total. The molecule has 0 aliphatic carbocycles. The number of ketones is 1. The van der Waals surface area contributed by atoms with E-state index in [1.54, 1.807) is 44.2 Å². The summed E-state index contributed by atoms with van der Waals surface area (Å²) in [4.78, 5) is 42.2. The van der Waals surface area contributed by atoms with Crippen molar-refractivity contribution in [3.8, 4) is 0 Å². The summed E-state index contributed by atoms with van der Waals surface area (Å²) >= 11 is 0. The largest absolute Gasteiger partial charge is 0.465 e. The molecule has 2 rings (SSSR count). The van der Waals surface area contributed by atoms with Crippen molar-refractivity contribution in [3.63, 3.8) is 0 Å². The molecule has 2 aromatic rings. The minimum Gasteiger partial charge on any atom is -0.465 e. The van der Waals surface area contributed by atoms with Gasteiger partial charge >= 0.3 is 11.9 Å². The van der Waals surface area contributed by atoms with E-state index in [1.165, 1.54) is 24.5 Å². The first kappa shape index (κ1) is 19.3. The number of benzene rings is 1. The number of hydrogen-bond donors (Lipinski definition) is 0. The van der Waals surface area contributed by atoms with Crippen LogP contribution in [-0.2, 0) is 19.1 Å². The standard InChI is InChI=1S/C20H21NO5/c1-3-25-19(23)16(14-8-6-5-7-9-14)17(20(24)26-4-2)18(22)15-10-12-21-13-11-15/h5-13,16-17H,3-4H2,1-2H3/t16-,17+/m1/s1. The Balaban J connectivity index is 2.52. The molecule has 0 saturated carbocycles. The Kier molecular flexibility index (Phi) is 7.02. The fourth-order valence-electron chi connectivity index (χ4n) is 2.68. The summed E-state index contributed by atoms with van der Waals surface area (Å²) in [6.45, 7) is 3.56. The van der Waals surface area contributed by atoms with E-state index >= 15 is 0 Å². The highest BCUT2D eigenvalue weighted by Gasteiger charge is 2.42. The van der Waals surface area contributed by atoms with Gasteiger partial charge in [0.2, 0.25) is 0 Å². The van der Waals surface area contributed by atoms with E-state index in [9.17, 15) is 14.4 Å². The number of aromatic nitrogens is 1. The van der Waals surface area contributed by atoms with Crippen LogP contribution in [0.2, 0.25) is 0 Å². The van der Waals surface area contributed by atoms with Crippen molar-refractivity contribution in [2.45, 2.75) is 19.8 Å². The van der Waals surface area contributed by atoms with Crippen LogP contribution in [0.1, 0.15) is 35.7 Å². The summed E-state index contributed by atoms with van der Waals surface area (Å²) in [5.41, 5.74) is 0.801. The molecule has 136 valence electrons. The molecule has 1 aromatic heterocycles. The van der Waals surface area contributed by atoms with Gasteiger partial charge in [-0.1, -0.05) is 30.3 Å². The summed E-state index contributed by atoms with van der Waals surface area (Å²) in [6, 6.07) is 11.6. The number of Topliss-reactive ketones (excluding diaryl/α,β-unsaturated/α-hetero) is 1. The van der Waals surface area contributed by atoms with E-state index < -0.39 is 29.6 Å². The van der Waals surface area contributed by atoms with Gasteiger partial charge in [0, 0.05) is 18.0 Å². The smallest absolute Gasteiger partial charge is 0.318 e. The van der Waals surface area contributed by atoms with Crippen molar-refractivity contribution >= 4 is 17.7 Å². The molecule has 0 bridgehead atoms. The first-order valence-corrected chi connectivity index (χ1v) is 8.42. The number of pyridine rings is 1. The normalized spacial score (nSPS) is 12.7. The van der Waals surface area contributed by atoms with E-state index in [1.807, 2.05) is 0 Å². The zero-order valence-electron chi connectivity index (χ0n) is 14.8. The molecule has 0 saturated heterocycles. The average molecular weight is 355 g/mol. The quantitative estimate of drug-likeness (QED) is 0.411. The molecule has 0 N–H and O–H groups in total. The van der Waals surface area contributed by atoms with Crippen molar-refractivity contribution in [1.82, 2.24) is 4.98 Å². The van der Waals surface area contributed by atoms with Crippen molar-refractivity contribution in [2.75, 3.05) is 13.2 Å². The highest BCUT2D eigenvalue weighted by molar-refractivity contribution is 6.11. The van der Waals surface area contributed by atoms with Gasteiger partial charge in [-0.25, -0.2) is 0 Å². The molecular formula is C20H21NO5. The highest BCUT2D eigenvalue weighted by Crippen LogP contribution is 2.30. The van der Waals surface area contributed by atoms with Crippen molar-refractivity contribution in [2.24, 2.45) is 5.92 Å². The van der Waals surface area contributed by atoms with Crippen LogP contribution >= 0.6 is 0 Å². The third-order valence-corrected chi connectivity index (χ3v) is 3.82.